The molecular formula is C52H35N3S2. The van der Waals surface area contributed by atoms with Crippen molar-refractivity contribution in [2.24, 2.45) is 0 Å². The summed E-state index contributed by atoms with van der Waals surface area (Å²) in [5.41, 5.74) is 13.3. The molecule has 270 valence electrons. The van der Waals surface area contributed by atoms with Gasteiger partial charge in [0, 0.05) is 27.8 Å². The summed E-state index contributed by atoms with van der Waals surface area (Å²) < 4.78 is 2.35. The van der Waals surface area contributed by atoms with E-state index >= 15 is 0 Å². The van der Waals surface area contributed by atoms with Gasteiger partial charge in [0.25, 0.3) is 0 Å². The molecule has 0 fully saturated rings. The first kappa shape index (κ1) is 34.7. The van der Waals surface area contributed by atoms with Crippen molar-refractivity contribution in [2.45, 2.75) is 6.42 Å². The Hall–Kier alpha value is -6.79. The van der Waals surface area contributed by atoms with E-state index in [4.69, 9.17) is 15.0 Å². The summed E-state index contributed by atoms with van der Waals surface area (Å²) in [4.78, 5) is 15.8. The molecule has 0 amide bonds. The van der Waals surface area contributed by atoms with Gasteiger partial charge in [-0.05, 0) is 88.0 Å². The summed E-state index contributed by atoms with van der Waals surface area (Å²) >= 11 is 3.44. The number of hydrogen-bond donors (Lipinski definition) is 0. The molecule has 0 saturated carbocycles. The Balaban J connectivity index is 1.22. The molecular weight excluding hydrogens is 731 g/mol. The maximum absolute atomic E-state index is 5.73. The molecule has 0 aliphatic heterocycles. The number of rotatable bonds is 6. The number of benzene rings is 6. The number of nitrogens with zero attached hydrogens (tertiary/aromatic N) is 3. The molecule has 1 aliphatic rings. The molecule has 0 N–H and O–H groups in total. The third-order valence-corrected chi connectivity index (χ3v) is 12.4. The molecule has 0 atom stereocenters. The second-order valence-corrected chi connectivity index (χ2v) is 16.1. The van der Waals surface area contributed by atoms with E-state index in [-0.39, 0.29) is 0 Å². The van der Waals surface area contributed by atoms with Crippen LogP contribution < -0.4 is 0 Å². The van der Waals surface area contributed by atoms with Gasteiger partial charge in [0.1, 0.15) is 10.0 Å². The lowest BCUT2D eigenvalue weighted by Crippen LogP contribution is -2.00. The fourth-order valence-corrected chi connectivity index (χ4v) is 9.31. The average molecular weight is 766 g/mol. The van der Waals surface area contributed by atoms with E-state index in [0.29, 0.717) is 0 Å². The Kier molecular flexibility index (Phi) is 9.15. The van der Waals surface area contributed by atoms with Crippen molar-refractivity contribution in [2.75, 3.05) is 0 Å². The Morgan fingerprint density at radius 2 is 1.07 bits per heavy atom. The maximum atomic E-state index is 5.73. The molecule has 3 aromatic heterocycles. The first-order chi connectivity index (χ1) is 28.1. The molecule has 9 aromatic rings. The summed E-state index contributed by atoms with van der Waals surface area (Å²) in [6.45, 7) is 4.29. The highest BCUT2D eigenvalue weighted by Crippen LogP contribution is 2.42. The van der Waals surface area contributed by atoms with Gasteiger partial charge in [-0.15, -0.1) is 22.7 Å². The Bertz CT molecular complexity index is 3070. The maximum Gasteiger partial charge on any atom is 0.124 e. The summed E-state index contributed by atoms with van der Waals surface area (Å²) in [5, 5.41) is 4.36. The summed E-state index contributed by atoms with van der Waals surface area (Å²) in [7, 11) is 0. The van der Waals surface area contributed by atoms with Crippen molar-refractivity contribution in [3.05, 3.63) is 206 Å². The lowest BCUT2D eigenvalue weighted by atomic mass is 9.90. The molecule has 10 rings (SSSR count). The standard InChI is InChI=1S/C52H35N3S2/c1-34-14-4-2-3-5-16-36(27-26-34)49-43(38-18-12-20-41(31-38)51-53-45-22-8-10-24-47(45)56-51)33-44(50(55-49)40-29-28-35-15-6-7-17-37(35)30-40)39-19-13-21-42(32-39)52-54-46-23-9-11-25-48(46)57-52/h2-4,6-33H,1,5H2/b3-2-,14-4-,27-26-,36-16+. The van der Waals surface area contributed by atoms with Crippen molar-refractivity contribution in [1.29, 1.82) is 0 Å². The van der Waals surface area contributed by atoms with Gasteiger partial charge in [0.15, 0.2) is 0 Å². The van der Waals surface area contributed by atoms with Crippen LogP contribution in [0.1, 0.15) is 12.1 Å². The van der Waals surface area contributed by atoms with Gasteiger partial charge in [-0.25, -0.2) is 15.0 Å². The molecule has 3 heterocycles. The molecule has 6 aromatic carbocycles. The van der Waals surface area contributed by atoms with Crippen LogP contribution >= 0.6 is 22.7 Å². The van der Waals surface area contributed by atoms with Gasteiger partial charge < -0.3 is 0 Å². The smallest absolute Gasteiger partial charge is 0.124 e. The SMILES string of the molecule is C=C1/C=C\C=C/C/C=C(c2nc(-c3ccc4ccccc4c3)c(-c3cccc(-c4nc5ccccc5s4)c3)cc2-c2cccc(-c3nc4ccccc4s3)c2)\C=C/1. The topological polar surface area (TPSA) is 38.7 Å². The summed E-state index contributed by atoms with van der Waals surface area (Å²) in [6.07, 6.45) is 15.6. The highest BCUT2D eigenvalue weighted by molar-refractivity contribution is 7.22. The van der Waals surface area contributed by atoms with Crippen LogP contribution in [-0.2, 0) is 0 Å². The highest BCUT2D eigenvalue weighted by Gasteiger charge is 2.20. The fourth-order valence-electron chi connectivity index (χ4n) is 7.39. The van der Waals surface area contributed by atoms with Crippen LogP contribution in [0.4, 0.5) is 0 Å². The first-order valence-electron chi connectivity index (χ1n) is 19.0. The fraction of sp³-hybridized carbons (Fsp3) is 0.0192. The van der Waals surface area contributed by atoms with Crippen LogP contribution in [0.2, 0.25) is 0 Å². The van der Waals surface area contributed by atoms with Crippen molar-refractivity contribution >= 4 is 59.5 Å². The molecule has 3 nitrogen and oxygen atoms in total. The number of para-hydroxylation sites is 2. The van der Waals surface area contributed by atoms with Gasteiger partial charge in [-0.1, -0.05) is 146 Å². The van der Waals surface area contributed by atoms with Crippen molar-refractivity contribution in [3.63, 3.8) is 0 Å². The van der Waals surface area contributed by atoms with E-state index in [2.05, 4.69) is 170 Å². The lowest BCUT2D eigenvalue weighted by molar-refractivity contribution is 1.27. The quantitative estimate of drug-likeness (QED) is 0.169. The number of allylic oxidation sites excluding steroid dienone is 9. The zero-order valence-corrected chi connectivity index (χ0v) is 32.6. The largest absolute Gasteiger partial charge is 0.246 e. The van der Waals surface area contributed by atoms with Crippen molar-refractivity contribution in [3.8, 4) is 54.7 Å². The number of pyridine rings is 1. The number of fused-ring (bicyclic) bond motifs is 3. The van der Waals surface area contributed by atoms with Gasteiger partial charge in [-0.3, -0.25) is 0 Å². The third kappa shape index (κ3) is 7.00. The second-order valence-electron chi connectivity index (χ2n) is 14.1. The van der Waals surface area contributed by atoms with Crippen LogP contribution in [0.15, 0.2) is 200 Å². The Morgan fingerprint density at radius 1 is 0.456 bits per heavy atom. The normalized spacial score (nSPS) is 15.7. The number of aromatic nitrogens is 3. The van der Waals surface area contributed by atoms with Crippen molar-refractivity contribution < 1.29 is 0 Å². The number of thiazole rings is 2. The minimum absolute atomic E-state index is 0.765. The van der Waals surface area contributed by atoms with E-state index in [1.54, 1.807) is 22.7 Å². The molecule has 57 heavy (non-hydrogen) atoms. The van der Waals surface area contributed by atoms with E-state index in [0.717, 1.165) is 88.9 Å². The van der Waals surface area contributed by atoms with Gasteiger partial charge >= 0.3 is 0 Å². The van der Waals surface area contributed by atoms with E-state index in [9.17, 15) is 0 Å². The predicted octanol–water partition coefficient (Wildman–Crippen LogP) is 14.8. The summed E-state index contributed by atoms with van der Waals surface area (Å²) in [5.74, 6) is 0. The van der Waals surface area contributed by atoms with Crippen LogP contribution in [0, 0.1) is 0 Å². The van der Waals surface area contributed by atoms with Crippen LogP contribution in [-0.4, -0.2) is 15.0 Å². The molecule has 0 spiro atoms. The lowest BCUT2D eigenvalue weighted by Gasteiger charge is -2.19. The third-order valence-electron chi connectivity index (χ3n) is 10.3. The molecule has 0 bridgehead atoms. The molecule has 5 heteroatoms. The van der Waals surface area contributed by atoms with Crippen LogP contribution in [0.5, 0.6) is 0 Å². The van der Waals surface area contributed by atoms with Gasteiger partial charge in [0.2, 0.25) is 0 Å². The first-order valence-corrected chi connectivity index (χ1v) is 20.6. The van der Waals surface area contributed by atoms with Crippen LogP contribution in [0.3, 0.4) is 0 Å². The average Bonchev–Trinajstić information content (AvgIpc) is 3.91. The molecule has 0 saturated heterocycles. The monoisotopic (exact) mass is 765 g/mol. The predicted molar refractivity (Wildman–Crippen MR) is 244 cm³/mol. The number of hydrogen-bond acceptors (Lipinski definition) is 5. The van der Waals surface area contributed by atoms with Crippen molar-refractivity contribution in [1.82, 2.24) is 15.0 Å². The zero-order chi connectivity index (χ0) is 38.1. The Morgan fingerprint density at radius 3 is 1.75 bits per heavy atom. The highest BCUT2D eigenvalue weighted by atomic mass is 32.1. The summed E-state index contributed by atoms with van der Waals surface area (Å²) in [6, 6.07) is 51.7. The van der Waals surface area contributed by atoms with E-state index in [1.807, 2.05) is 24.3 Å². The van der Waals surface area contributed by atoms with Crippen LogP contribution in [0.25, 0.3) is 91.4 Å². The van der Waals surface area contributed by atoms with Gasteiger partial charge in [-0.2, -0.15) is 0 Å². The van der Waals surface area contributed by atoms with Gasteiger partial charge in [0.05, 0.1) is 31.8 Å². The minimum atomic E-state index is 0.765. The molecule has 0 unspecified atom stereocenters. The second kappa shape index (κ2) is 15.0. The molecule has 0 radical (unpaired) electrons. The minimum Gasteiger partial charge on any atom is -0.246 e. The van der Waals surface area contributed by atoms with E-state index < -0.39 is 0 Å². The Labute approximate surface area is 339 Å². The zero-order valence-electron chi connectivity index (χ0n) is 31.0. The van der Waals surface area contributed by atoms with E-state index in [1.165, 1.54) is 20.2 Å². The molecule has 1 aliphatic carbocycles.